The minimum Gasteiger partial charge on any atom is -0.435 e. The van der Waals surface area contributed by atoms with Gasteiger partial charge < -0.3 is 5.11 Å². The molecule has 1 heterocycles. The van der Waals surface area contributed by atoms with E-state index in [1.807, 2.05) is 60.7 Å². The van der Waals surface area contributed by atoms with Crippen molar-refractivity contribution in [1.29, 1.82) is 0 Å². The Balaban J connectivity index is 1.86. The van der Waals surface area contributed by atoms with Gasteiger partial charge in [0.25, 0.3) is 0 Å². The number of carboxylic acid groups (broad SMARTS) is 1. The summed E-state index contributed by atoms with van der Waals surface area (Å²) in [5, 5.41) is 9.57. The van der Waals surface area contributed by atoms with Gasteiger partial charge in [-0.25, -0.2) is 4.48 Å². The van der Waals surface area contributed by atoms with E-state index in [0.29, 0.717) is 13.1 Å². The van der Waals surface area contributed by atoms with E-state index in [4.69, 9.17) is 0 Å². The average molecular weight is 254 g/mol. The Morgan fingerprint density at radius 2 is 1.63 bits per heavy atom. The molecule has 0 spiro atoms. The van der Waals surface area contributed by atoms with Gasteiger partial charge in [-0.3, -0.25) is 0 Å². The molecule has 3 nitrogen and oxygen atoms in total. The van der Waals surface area contributed by atoms with Crippen molar-refractivity contribution >= 4 is 6.09 Å². The summed E-state index contributed by atoms with van der Waals surface area (Å²) in [6, 6.07) is 19.8. The van der Waals surface area contributed by atoms with E-state index in [1.165, 1.54) is 0 Å². The summed E-state index contributed by atoms with van der Waals surface area (Å²) >= 11 is 0. The first kappa shape index (κ1) is 11.9. The summed E-state index contributed by atoms with van der Waals surface area (Å²) in [6.07, 6.45) is -0.738. The lowest BCUT2D eigenvalue weighted by atomic mass is 10.1. The highest BCUT2D eigenvalue weighted by molar-refractivity contribution is 5.59. The number of nitrogens with zero attached hydrogens (tertiary/aromatic N) is 1. The summed E-state index contributed by atoms with van der Waals surface area (Å²) in [6.45, 7) is 1.23. The Morgan fingerprint density at radius 1 is 1.05 bits per heavy atom. The van der Waals surface area contributed by atoms with Crippen LogP contribution in [0.15, 0.2) is 60.7 Å². The SMILES string of the molecule is O=C(O)[N@+]1(Cc2ccccc2)C[C@@H]1c1ccccc1. The Hall–Kier alpha value is -2.13. The molecule has 3 heteroatoms. The van der Waals surface area contributed by atoms with Crippen molar-refractivity contribution in [2.75, 3.05) is 6.54 Å². The van der Waals surface area contributed by atoms with Crippen molar-refractivity contribution in [1.82, 2.24) is 0 Å². The molecule has 96 valence electrons. The van der Waals surface area contributed by atoms with Crippen LogP contribution in [0, 0.1) is 0 Å². The monoisotopic (exact) mass is 254 g/mol. The predicted molar refractivity (Wildman–Crippen MR) is 72.5 cm³/mol. The van der Waals surface area contributed by atoms with Crippen molar-refractivity contribution in [2.45, 2.75) is 12.6 Å². The molecule has 1 saturated heterocycles. The van der Waals surface area contributed by atoms with Gasteiger partial charge in [0, 0.05) is 11.1 Å². The third-order valence-electron chi connectivity index (χ3n) is 3.83. The van der Waals surface area contributed by atoms with Crippen molar-refractivity contribution in [2.24, 2.45) is 0 Å². The quantitative estimate of drug-likeness (QED) is 0.673. The zero-order valence-corrected chi connectivity index (χ0v) is 10.6. The molecule has 0 radical (unpaired) electrons. The van der Waals surface area contributed by atoms with E-state index in [0.717, 1.165) is 11.1 Å². The molecule has 0 unspecified atom stereocenters. The minimum absolute atomic E-state index is 0.0823. The van der Waals surface area contributed by atoms with Crippen LogP contribution >= 0.6 is 0 Å². The maximum Gasteiger partial charge on any atom is 0.514 e. The second-order valence-corrected chi connectivity index (χ2v) is 5.07. The van der Waals surface area contributed by atoms with Gasteiger partial charge in [-0.2, -0.15) is 4.79 Å². The van der Waals surface area contributed by atoms with Gasteiger partial charge in [-0.1, -0.05) is 60.7 Å². The Morgan fingerprint density at radius 3 is 2.21 bits per heavy atom. The van der Waals surface area contributed by atoms with Crippen LogP contribution in [0.2, 0.25) is 0 Å². The third-order valence-corrected chi connectivity index (χ3v) is 3.83. The number of carbonyl (C=O) groups is 1. The zero-order valence-electron chi connectivity index (χ0n) is 10.6. The number of quaternary nitrogens is 1. The first-order valence-electron chi connectivity index (χ1n) is 6.41. The van der Waals surface area contributed by atoms with E-state index in [1.54, 1.807) is 0 Å². The van der Waals surface area contributed by atoms with Crippen LogP contribution in [0.25, 0.3) is 0 Å². The van der Waals surface area contributed by atoms with Gasteiger partial charge in [0.05, 0.1) is 0 Å². The average Bonchev–Trinajstić information content (AvgIpc) is 3.17. The minimum atomic E-state index is -0.738. The summed E-state index contributed by atoms with van der Waals surface area (Å²) in [5.74, 6) is 0. The summed E-state index contributed by atoms with van der Waals surface area (Å²) in [5.41, 5.74) is 2.18. The lowest BCUT2D eigenvalue weighted by Gasteiger charge is -2.14. The molecule has 0 bridgehead atoms. The topological polar surface area (TPSA) is 37.3 Å². The van der Waals surface area contributed by atoms with Crippen LogP contribution < -0.4 is 0 Å². The van der Waals surface area contributed by atoms with Crippen molar-refractivity contribution in [3.8, 4) is 0 Å². The maximum absolute atomic E-state index is 11.6. The fourth-order valence-electron chi connectivity index (χ4n) is 2.69. The van der Waals surface area contributed by atoms with Crippen LogP contribution in [-0.4, -0.2) is 22.2 Å². The van der Waals surface area contributed by atoms with Gasteiger partial charge >= 0.3 is 6.09 Å². The van der Waals surface area contributed by atoms with Crippen molar-refractivity contribution in [3.05, 3.63) is 71.8 Å². The van der Waals surface area contributed by atoms with Crippen molar-refractivity contribution < 1.29 is 14.4 Å². The Kier molecular flexibility index (Phi) is 2.84. The summed E-state index contributed by atoms with van der Waals surface area (Å²) in [4.78, 5) is 11.6. The molecule has 1 aliphatic rings. The van der Waals surface area contributed by atoms with Crippen LogP contribution in [0.1, 0.15) is 17.2 Å². The van der Waals surface area contributed by atoms with Gasteiger partial charge in [-0.15, -0.1) is 0 Å². The van der Waals surface area contributed by atoms with Crippen LogP contribution in [-0.2, 0) is 6.54 Å². The third kappa shape index (κ3) is 2.13. The van der Waals surface area contributed by atoms with E-state index in [9.17, 15) is 9.90 Å². The maximum atomic E-state index is 11.6. The second-order valence-electron chi connectivity index (χ2n) is 5.07. The molecule has 1 aliphatic heterocycles. The fourth-order valence-corrected chi connectivity index (χ4v) is 2.69. The lowest BCUT2D eigenvalue weighted by Crippen LogP contribution is -2.32. The van der Waals surface area contributed by atoms with Crippen LogP contribution in [0.3, 0.4) is 0 Å². The number of hydrogen-bond acceptors (Lipinski definition) is 1. The first-order chi connectivity index (χ1) is 9.22. The number of hydrogen-bond donors (Lipinski definition) is 1. The Labute approximate surface area is 112 Å². The second kappa shape index (κ2) is 4.52. The number of rotatable bonds is 3. The highest BCUT2D eigenvalue weighted by Gasteiger charge is 2.62. The summed E-state index contributed by atoms with van der Waals surface area (Å²) < 4.78 is 0.119. The molecule has 1 amide bonds. The molecule has 1 fully saturated rings. The lowest BCUT2D eigenvalue weighted by molar-refractivity contribution is -0.754. The molecule has 2 aromatic rings. The standard InChI is InChI=1S/C16H15NO2/c18-16(19)17(11-13-7-3-1-4-8-13)12-15(17)14-9-5-2-6-10-14/h1-10,15H,11-12H2/p+1/t15-,17-/m1/s1. The Bertz CT molecular complexity index is 582. The molecule has 0 saturated carbocycles. The van der Waals surface area contributed by atoms with Crippen LogP contribution in [0.4, 0.5) is 4.79 Å². The molecule has 3 rings (SSSR count). The fraction of sp³-hybridized carbons (Fsp3) is 0.188. The summed E-state index contributed by atoms with van der Waals surface area (Å²) in [7, 11) is 0. The highest BCUT2D eigenvalue weighted by Crippen LogP contribution is 2.46. The van der Waals surface area contributed by atoms with E-state index >= 15 is 0 Å². The molecular weight excluding hydrogens is 238 g/mol. The molecule has 19 heavy (non-hydrogen) atoms. The van der Waals surface area contributed by atoms with Crippen LogP contribution in [0.5, 0.6) is 0 Å². The number of benzene rings is 2. The molecule has 2 aromatic carbocycles. The van der Waals surface area contributed by atoms with Gasteiger partial charge in [-0.05, 0) is 0 Å². The van der Waals surface area contributed by atoms with E-state index in [2.05, 4.69) is 0 Å². The molecular formula is C16H16NO2+. The van der Waals surface area contributed by atoms with Gasteiger partial charge in [0.2, 0.25) is 0 Å². The van der Waals surface area contributed by atoms with Gasteiger partial charge in [0.15, 0.2) is 6.04 Å². The normalized spacial score (nSPS) is 24.9. The molecule has 0 aliphatic carbocycles. The smallest absolute Gasteiger partial charge is 0.435 e. The largest absolute Gasteiger partial charge is 0.514 e. The highest BCUT2D eigenvalue weighted by atomic mass is 16.4. The zero-order chi connectivity index (χ0) is 13.3. The van der Waals surface area contributed by atoms with E-state index < -0.39 is 6.09 Å². The molecule has 0 aromatic heterocycles. The van der Waals surface area contributed by atoms with Crippen molar-refractivity contribution in [3.63, 3.8) is 0 Å². The predicted octanol–water partition coefficient (Wildman–Crippen LogP) is 3.44. The molecule has 1 N–H and O–H groups in total. The molecule has 2 atom stereocenters. The van der Waals surface area contributed by atoms with E-state index in [-0.39, 0.29) is 10.5 Å². The number of amides is 1. The first-order valence-corrected chi connectivity index (χ1v) is 6.41. The van der Waals surface area contributed by atoms with Gasteiger partial charge in [0.1, 0.15) is 13.1 Å².